The Kier molecular flexibility index (Phi) is 2.18. The maximum absolute atomic E-state index is 11.0. The highest BCUT2D eigenvalue weighted by Gasteiger charge is 2.47. The van der Waals surface area contributed by atoms with E-state index in [4.69, 9.17) is 0 Å². The molecule has 0 aromatic heterocycles. The van der Waals surface area contributed by atoms with Crippen LogP contribution < -0.4 is 5.32 Å². The van der Waals surface area contributed by atoms with E-state index in [1.165, 1.54) is 19.9 Å². The Bertz CT molecular complexity index is 307. The smallest absolute Gasteiger partial charge is 0.307 e. The lowest BCUT2D eigenvalue weighted by Gasteiger charge is -2.33. The zero-order chi connectivity index (χ0) is 10.1. The van der Waals surface area contributed by atoms with Crippen LogP contribution in [0.1, 0.15) is 13.8 Å². The van der Waals surface area contributed by atoms with Gasteiger partial charge in [0.25, 0.3) is 5.91 Å². The highest BCUT2D eigenvalue weighted by atomic mass is 16.5. The highest BCUT2D eigenvalue weighted by Crippen LogP contribution is 2.16. The molecule has 0 aromatic carbocycles. The summed E-state index contributed by atoms with van der Waals surface area (Å²) in [6.07, 6.45) is 2.43. The Morgan fingerprint density at radius 3 is 2.54 bits per heavy atom. The Morgan fingerprint density at radius 1 is 1.54 bits per heavy atom. The SMILES string of the molecule is CC(=O)O/C=C/C1(C)NC(=O)C1=O. The quantitative estimate of drug-likeness (QED) is 0.271. The Labute approximate surface area is 74.7 Å². The van der Waals surface area contributed by atoms with Crippen LogP contribution in [0.3, 0.4) is 0 Å². The van der Waals surface area contributed by atoms with Crippen molar-refractivity contribution in [3.05, 3.63) is 12.3 Å². The highest BCUT2D eigenvalue weighted by molar-refractivity contribution is 6.47. The average molecular weight is 183 g/mol. The number of rotatable bonds is 2. The first kappa shape index (κ1) is 9.44. The number of β-lactam (4-membered cyclic amide) rings is 1. The van der Waals surface area contributed by atoms with E-state index in [1.54, 1.807) is 0 Å². The summed E-state index contributed by atoms with van der Waals surface area (Å²) in [5.74, 6) is -1.62. The van der Waals surface area contributed by atoms with Gasteiger partial charge in [0.2, 0.25) is 5.78 Å². The summed E-state index contributed by atoms with van der Waals surface area (Å²) in [6, 6.07) is 0. The van der Waals surface area contributed by atoms with Crippen LogP contribution in [0.5, 0.6) is 0 Å². The van der Waals surface area contributed by atoms with Crippen LogP contribution in [0.25, 0.3) is 0 Å². The minimum atomic E-state index is -1.01. The van der Waals surface area contributed by atoms with Gasteiger partial charge in [0, 0.05) is 6.92 Å². The fraction of sp³-hybridized carbons (Fsp3) is 0.375. The van der Waals surface area contributed by atoms with Crippen molar-refractivity contribution in [1.82, 2.24) is 5.32 Å². The van der Waals surface area contributed by atoms with Gasteiger partial charge in [0.15, 0.2) is 0 Å². The first-order chi connectivity index (χ1) is 5.96. The fourth-order valence-electron chi connectivity index (χ4n) is 0.906. The van der Waals surface area contributed by atoms with Gasteiger partial charge < -0.3 is 10.1 Å². The average Bonchev–Trinajstić information content (AvgIpc) is 2.03. The van der Waals surface area contributed by atoms with Crippen LogP contribution in [-0.2, 0) is 19.1 Å². The van der Waals surface area contributed by atoms with Gasteiger partial charge in [0.05, 0.1) is 6.26 Å². The van der Waals surface area contributed by atoms with Crippen LogP contribution in [-0.4, -0.2) is 23.2 Å². The van der Waals surface area contributed by atoms with E-state index in [-0.39, 0.29) is 0 Å². The standard InChI is InChI=1S/C8H9NO4/c1-5(10)13-4-3-8(2)6(11)7(12)9-8/h3-4H,1-2H3,(H,9,12)/b4-3+. The van der Waals surface area contributed by atoms with Gasteiger partial charge in [-0.1, -0.05) is 0 Å². The number of ether oxygens (including phenoxy) is 1. The number of amides is 1. The molecule has 1 rings (SSSR count). The van der Waals surface area contributed by atoms with E-state index in [1.807, 2.05) is 0 Å². The van der Waals surface area contributed by atoms with Crippen LogP contribution in [0, 0.1) is 0 Å². The summed E-state index contributed by atoms with van der Waals surface area (Å²) in [5, 5.41) is 2.38. The molecular formula is C8H9NO4. The van der Waals surface area contributed by atoms with Crippen molar-refractivity contribution in [1.29, 1.82) is 0 Å². The molecule has 1 saturated heterocycles. The van der Waals surface area contributed by atoms with Gasteiger partial charge in [-0.2, -0.15) is 0 Å². The van der Waals surface area contributed by atoms with E-state index in [0.717, 1.165) is 6.26 Å². The molecule has 13 heavy (non-hydrogen) atoms. The number of ketones is 1. The van der Waals surface area contributed by atoms with Crippen LogP contribution >= 0.6 is 0 Å². The predicted octanol–water partition coefficient (Wildman–Crippen LogP) is -0.479. The van der Waals surface area contributed by atoms with Crippen molar-refractivity contribution in [2.75, 3.05) is 0 Å². The molecule has 0 saturated carbocycles. The molecule has 0 aromatic rings. The monoisotopic (exact) mass is 183 g/mol. The van der Waals surface area contributed by atoms with E-state index in [2.05, 4.69) is 10.1 Å². The molecule has 0 aliphatic carbocycles. The molecule has 1 heterocycles. The van der Waals surface area contributed by atoms with Crippen LogP contribution in [0.4, 0.5) is 0 Å². The Morgan fingerprint density at radius 2 is 2.15 bits per heavy atom. The molecule has 5 nitrogen and oxygen atoms in total. The first-order valence-electron chi connectivity index (χ1n) is 3.67. The van der Waals surface area contributed by atoms with Crippen molar-refractivity contribution < 1.29 is 19.1 Å². The minimum Gasteiger partial charge on any atom is -0.435 e. The minimum absolute atomic E-state index is 0.474. The van der Waals surface area contributed by atoms with Gasteiger partial charge in [-0.15, -0.1) is 0 Å². The van der Waals surface area contributed by atoms with Gasteiger partial charge in [-0.25, -0.2) is 0 Å². The third-order valence-corrected chi connectivity index (χ3v) is 1.69. The largest absolute Gasteiger partial charge is 0.435 e. The maximum atomic E-state index is 11.0. The lowest BCUT2D eigenvalue weighted by Crippen LogP contribution is -2.67. The molecule has 0 bridgehead atoms. The number of hydrogen-bond donors (Lipinski definition) is 1. The molecule has 1 aliphatic rings. The van der Waals surface area contributed by atoms with Crippen molar-refractivity contribution >= 4 is 17.7 Å². The summed E-state index contributed by atoms with van der Waals surface area (Å²) in [6.45, 7) is 2.77. The molecular weight excluding hydrogens is 174 g/mol. The molecule has 0 radical (unpaired) electrons. The molecule has 5 heteroatoms. The summed E-state index contributed by atoms with van der Waals surface area (Å²) < 4.78 is 4.47. The van der Waals surface area contributed by atoms with Gasteiger partial charge in [-0.3, -0.25) is 14.4 Å². The van der Waals surface area contributed by atoms with Crippen LogP contribution in [0.15, 0.2) is 12.3 Å². The van der Waals surface area contributed by atoms with Gasteiger partial charge in [-0.05, 0) is 13.0 Å². The van der Waals surface area contributed by atoms with E-state index >= 15 is 0 Å². The zero-order valence-corrected chi connectivity index (χ0v) is 7.29. The predicted molar refractivity (Wildman–Crippen MR) is 42.5 cm³/mol. The number of hydrogen-bond acceptors (Lipinski definition) is 4. The summed E-state index contributed by atoms with van der Waals surface area (Å²) >= 11 is 0. The summed E-state index contributed by atoms with van der Waals surface area (Å²) in [4.78, 5) is 31.8. The lowest BCUT2D eigenvalue weighted by atomic mass is 9.88. The molecule has 1 N–H and O–H groups in total. The second kappa shape index (κ2) is 3.01. The second-order valence-corrected chi connectivity index (χ2v) is 2.90. The normalized spacial score (nSPS) is 26.9. The van der Waals surface area contributed by atoms with Crippen LogP contribution in [0.2, 0.25) is 0 Å². The third-order valence-electron chi connectivity index (χ3n) is 1.69. The third kappa shape index (κ3) is 1.74. The molecule has 1 unspecified atom stereocenters. The molecule has 1 fully saturated rings. The number of carbonyl (C=O) groups excluding carboxylic acids is 3. The topological polar surface area (TPSA) is 72.5 Å². The number of carbonyl (C=O) groups is 3. The zero-order valence-electron chi connectivity index (χ0n) is 7.29. The first-order valence-corrected chi connectivity index (χ1v) is 3.67. The van der Waals surface area contributed by atoms with Crippen molar-refractivity contribution in [2.24, 2.45) is 0 Å². The van der Waals surface area contributed by atoms with Crippen molar-refractivity contribution in [3.63, 3.8) is 0 Å². The Hall–Kier alpha value is -1.65. The maximum Gasteiger partial charge on any atom is 0.307 e. The molecule has 1 atom stereocenters. The summed E-state index contributed by atoms with van der Waals surface area (Å²) in [7, 11) is 0. The number of Topliss-reactive ketones (excluding diaryl/α,β-unsaturated/α-hetero) is 1. The molecule has 0 spiro atoms. The summed E-state index contributed by atoms with van der Waals surface area (Å²) in [5.41, 5.74) is -1.01. The van der Waals surface area contributed by atoms with E-state index in [9.17, 15) is 14.4 Å². The number of nitrogens with one attached hydrogen (secondary N) is 1. The molecule has 1 aliphatic heterocycles. The van der Waals surface area contributed by atoms with Gasteiger partial charge >= 0.3 is 5.97 Å². The van der Waals surface area contributed by atoms with Gasteiger partial charge in [0.1, 0.15) is 5.54 Å². The Balaban J connectivity index is 2.55. The van der Waals surface area contributed by atoms with E-state index in [0.29, 0.717) is 0 Å². The van der Waals surface area contributed by atoms with Crippen molar-refractivity contribution in [3.8, 4) is 0 Å². The lowest BCUT2D eigenvalue weighted by molar-refractivity contribution is -0.149. The fourth-order valence-corrected chi connectivity index (χ4v) is 0.906. The number of esters is 1. The van der Waals surface area contributed by atoms with E-state index < -0.39 is 23.2 Å². The van der Waals surface area contributed by atoms with Crippen molar-refractivity contribution in [2.45, 2.75) is 19.4 Å². The molecule has 1 amide bonds. The molecule has 70 valence electrons. The second-order valence-electron chi connectivity index (χ2n) is 2.90.